The second kappa shape index (κ2) is 8.79. The zero-order valence-electron chi connectivity index (χ0n) is 13.4. The van der Waals surface area contributed by atoms with Gasteiger partial charge in [0.25, 0.3) is 0 Å². The molecule has 2 aromatic rings. The van der Waals surface area contributed by atoms with Gasteiger partial charge in [-0.15, -0.1) is 11.3 Å². The van der Waals surface area contributed by atoms with Gasteiger partial charge in [0.1, 0.15) is 0 Å². The van der Waals surface area contributed by atoms with Crippen LogP contribution < -0.4 is 20.1 Å². The van der Waals surface area contributed by atoms with Crippen molar-refractivity contribution >= 4 is 33.2 Å². The number of hydrogen-bond donors (Lipinski definition) is 2. The molecule has 0 aliphatic carbocycles. The Kier molecular flexibility index (Phi) is 6.73. The Balaban J connectivity index is 1.90. The van der Waals surface area contributed by atoms with Crippen LogP contribution >= 0.6 is 27.3 Å². The Hall–Kier alpha value is -1.73. The van der Waals surface area contributed by atoms with Crippen molar-refractivity contribution in [3.8, 4) is 11.5 Å². The summed E-state index contributed by atoms with van der Waals surface area (Å²) in [7, 11) is 5.02. The molecule has 2 N–H and O–H groups in total. The first-order chi connectivity index (χ1) is 11.2. The lowest BCUT2D eigenvalue weighted by Gasteiger charge is -2.13. The normalized spacial score (nSPS) is 11.2. The van der Waals surface area contributed by atoms with E-state index in [1.807, 2.05) is 24.3 Å². The highest BCUT2D eigenvalue weighted by molar-refractivity contribution is 9.11. The second-order valence-corrected chi connectivity index (χ2v) is 7.22. The molecule has 5 nitrogen and oxygen atoms in total. The lowest BCUT2D eigenvalue weighted by molar-refractivity contribution is 0.354. The Bertz CT molecular complexity index is 673. The largest absolute Gasteiger partial charge is 0.493 e. The molecule has 0 unspecified atom stereocenters. The van der Waals surface area contributed by atoms with Crippen LogP contribution in [-0.4, -0.2) is 27.2 Å². The topological polar surface area (TPSA) is 54.9 Å². The maximum atomic E-state index is 5.32. The Morgan fingerprint density at radius 2 is 1.83 bits per heavy atom. The first-order valence-corrected chi connectivity index (χ1v) is 8.67. The number of hydrogen-bond acceptors (Lipinski definition) is 4. The molecular formula is C16H20BrN3O2S. The number of guanidine groups is 1. The van der Waals surface area contributed by atoms with Crippen LogP contribution in [-0.2, 0) is 13.1 Å². The summed E-state index contributed by atoms with van der Waals surface area (Å²) in [6.45, 7) is 1.38. The first-order valence-electron chi connectivity index (χ1n) is 7.06. The van der Waals surface area contributed by atoms with Crippen molar-refractivity contribution in [3.63, 3.8) is 0 Å². The lowest BCUT2D eigenvalue weighted by atomic mass is 10.2. The van der Waals surface area contributed by atoms with Gasteiger partial charge in [-0.25, -0.2) is 0 Å². The van der Waals surface area contributed by atoms with E-state index in [1.54, 1.807) is 32.6 Å². The highest BCUT2D eigenvalue weighted by atomic mass is 79.9. The van der Waals surface area contributed by atoms with E-state index in [1.165, 1.54) is 4.88 Å². The quantitative estimate of drug-likeness (QED) is 0.579. The van der Waals surface area contributed by atoms with Crippen molar-refractivity contribution < 1.29 is 9.47 Å². The number of ether oxygens (including phenoxy) is 2. The molecule has 1 heterocycles. The van der Waals surface area contributed by atoms with E-state index in [-0.39, 0.29) is 0 Å². The van der Waals surface area contributed by atoms with E-state index in [0.29, 0.717) is 6.54 Å². The maximum Gasteiger partial charge on any atom is 0.191 e. The van der Waals surface area contributed by atoms with Gasteiger partial charge in [-0.1, -0.05) is 6.07 Å². The van der Waals surface area contributed by atoms with Crippen LogP contribution in [0.5, 0.6) is 11.5 Å². The predicted molar refractivity (Wildman–Crippen MR) is 98.6 cm³/mol. The first kappa shape index (κ1) is 17.6. The molecule has 2 rings (SSSR count). The van der Waals surface area contributed by atoms with Gasteiger partial charge in [-0.05, 0) is 45.8 Å². The molecular weight excluding hydrogens is 378 g/mol. The number of methoxy groups -OCH3 is 2. The van der Waals surface area contributed by atoms with Crippen molar-refractivity contribution in [3.05, 3.63) is 44.6 Å². The fourth-order valence-corrected chi connectivity index (χ4v) is 3.44. The molecule has 0 aliphatic heterocycles. The van der Waals surface area contributed by atoms with Crippen LogP contribution in [0.3, 0.4) is 0 Å². The number of benzene rings is 1. The van der Waals surface area contributed by atoms with Crippen LogP contribution in [0.15, 0.2) is 39.1 Å². The average molecular weight is 398 g/mol. The van der Waals surface area contributed by atoms with Crippen LogP contribution in [0.1, 0.15) is 10.4 Å². The van der Waals surface area contributed by atoms with E-state index in [9.17, 15) is 0 Å². The van der Waals surface area contributed by atoms with Gasteiger partial charge < -0.3 is 20.1 Å². The fraction of sp³-hybridized carbons (Fsp3) is 0.312. The number of nitrogens with one attached hydrogen (secondary N) is 2. The number of thiophene rings is 1. The third-order valence-electron chi connectivity index (χ3n) is 3.19. The molecule has 124 valence electrons. The molecule has 0 radical (unpaired) electrons. The average Bonchev–Trinajstić information content (AvgIpc) is 3.00. The summed E-state index contributed by atoms with van der Waals surface area (Å²) in [5.74, 6) is 2.20. The molecule has 0 atom stereocenters. The summed E-state index contributed by atoms with van der Waals surface area (Å²) >= 11 is 5.17. The summed E-state index contributed by atoms with van der Waals surface area (Å²) in [6, 6.07) is 9.98. The van der Waals surface area contributed by atoms with Crippen LogP contribution in [0, 0.1) is 0 Å². The third kappa shape index (κ3) is 5.14. The lowest BCUT2D eigenvalue weighted by Crippen LogP contribution is -2.36. The summed E-state index contributed by atoms with van der Waals surface area (Å²) < 4.78 is 11.7. The maximum absolute atomic E-state index is 5.32. The van der Waals surface area contributed by atoms with E-state index < -0.39 is 0 Å². The molecule has 0 saturated heterocycles. The van der Waals surface area contributed by atoms with Crippen LogP contribution in [0.2, 0.25) is 0 Å². The standard InChI is InChI=1S/C16H20BrN3O2S/c1-18-16(20-10-12-5-7-15(17)23-12)19-9-11-4-6-13(21-2)14(8-11)22-3/h4-8H,9-10H2,1-3H3,(H2,18,19,20). The molecule has 0 aliphatic rings. The zero-order chi connectivity index (χ0) is 16.7. The van der Waals surface area contributed by atoms with Crippen molar-refractivity contribution in [1.82, 2.24) is 10.6 Å². The second-order valence-electron chi connectivity index (χ2n) is 4.67. The van der Waals surface area contributed by atoms with Gasteiger partial charge >= 0.3 is 0 Å². The molecule has 7 heteroatoms. The highest BCUT2D eigenvalue weighted by Crippen LogP contribution is 2.27. The molecule has 1 aromatic carbocycles. The Morgan fingerprint density at radius 1 is 1.09 bits per heavy atom. The third-order valence-corrected chi connectivity index (χ3v) is 4.81. The van der Waals surface area contributed by atoms with E-state index >= 15 is 0 Å². The fourth-order valence-electron chi connectivity index (χ4n) is 2.01. The number of aliphatic imine (C=N–C) groups is 1. The monoisotopic (exact) mass is 397 g/mol. The summed E-state index contributed by atoms with van der Waals surface area (Å²) in [5.41, 5.74) is 1.09. The Morgan fingerprint density at radius 3 is 2.43 bits per heavy atom. The number of halogens is 1. The van der Waals surface area contributed by atoms with Crippen LogP contribution in [0.4, 0.5) is 0 Å². The van der Waals surface area contributed by atoms with E-state index in [2.05, 4.69) is 37.6 Å². The van der Waals surface area contributed by atoms with Crippen molar-refractivity contribution in [1.29, 1.82) is 0 Å². The predicted octanol–water partition coefficient (Wildman–Crippen LogP) is 3.39. The molecule has 0 amide bonds. The highest BCUT2D eigenvalue weighted by Gasteiger charge is 2.05. The van der Waals surface area contributed by atoms with E-state index in [4.69, 9.17) is 9.47 Å². The number of rotatable bonds is 6. The minimum Gasteiger partial charge on any atom is -0.493 e. The summed E-state index contributed by atoms with van der Waals surface area (Å²) in [5, 5.41) is 6.58. The van der Waals surface area contributed by atoms with Gasteiger partial charge in [-0.3, -0.25) is 4.99 Å². The van der Waals surface area contributed by atoms with Gasteiger partial charge in [0.05, 0.1) is 24.6 Å². The SMILES string of the molecule is CN=C(NCc1ccc(OC)c(OC)c1)NCc1ccc(Br)s1. The zero-order valence-corrected chi connectivity index (χ0v) is 15.8. The summed E-state index contributed by atoms with van der Waals surface area (Å²) in [4.78, 5) is 5.47. The van der Waals surface area contributed by atoms with Crippen LogP contribution in [0.25, 0.3) is 0 Å². The molecule has 23 heavy (non-hydrogen) atoms. The van der Waals surface area contributed by atoms with Gasteiger partial charge in [0, 0.05) is 18.5 Å². The van der Waals surface area contributed by atoms with E-state index in [0.717, 1.165) is 33.4 Å². The van der Waals surface area contributed by atoms with Gasteiger partial charge in [-0.2, -0.15) is 0 Å². The number of nitrogens with zero attached hydrogens (tertiary/aromatic N) is 1. The van der Waals surface area contributed by atoms with Crippen molar-refractivity contribution in [2.24, 2.45) is 4.99 Å². The Labute approximate surface area is 148 Å². The molecule has 0 fully saturated rings. The van der Waals surface area contributed by atoms with Gasteiger partial charge in [0.15, 0.2) is 17.5 Å². The molecule has 0 bridgehead atoms. The minimum absolute atomic E-state index is 0.647. The molecule has 0 spiro atoms. The summed E-state index contributed by atoms with van der Waals surface area (Å²) in [6.07, 6.45) is 0. The molecule has 1 aromatic heterocycles. The smallest absolute Gasteiger partial charge is 0.191 e. The minimum atomic E-state index is 0.647. The molecule has 0 saturated carbocycles. The van der Waals surface area contributed by atoms with Crippen molar-refractivity contribution in [2.75, 3.05) is 21.3 Å². The van der Waals surface area contributed by atoms with Crippen molar-refractivity contribution in [2.45, 2.75) is 13.1 Å². The van der Waals surface area contributed by atoms with Gasteiger partial charge in [0.2, 0.25) is 0 Å².